The van der Waals surface area contributed by atoms with Crippen LogP contribution in [0.25, 0.3) is 0 Å². The summed E-state index contributed by atoms with van der Waals surface area (Å²) in [5.41, 5.74) is 6.17. The minimum absolute atomic E-state index is 0.0370. The first-order chi connectivity index (χ1) is 35.0. The molecular formula is C53H57F2N7O10. The number of anilines is 2. The van der Waals surface area contributed by atoms with Crippen LogP contribution in [0.4, 0.5) is 25.8 Å². The first-order valence-corrected chi connectivity index (χ1v) is 24.5. The van der Waals surface area contributed by atoms with E-state index in [4.69, 9.17) is 18.9 Å². The number of nitrogens with one attached hydrogen (secondary N) is 4. The molecule has 19 heteroatoms. The second-order valence-corrected chi connectivity index (χ2v) is 18.4. The molecule has 0 saturated carbocycles. The zero-order valence-corrected chi connectivity index (χ0v) is 39.8. The SMILES string of the molecule is O=C1CCC(N2C(=O)c3ccc(NCCOCCOCCOCCC(=O)N4CCC(c5ccc(C(=O)NC6=Nc7ccc(Cc8cc(F)cc(F)c8)cc76)c(NC6CCOCC6)c5)CC4)cc3C2=O)C(=O)N1. The van der Waals surface area contributed by atoms with Crippen molar-refractivity contribution in [1.29, 1.82) is 0 Å². The molecule has 4 aromatic rings. The van der Waals surface area contributed by atoms with Crippen molar-refractivity contribution in [2.45, 2.75) is 69.4 Å². The molecule has 4 N–H and O–H groups in total. The maximum atomic E-state index is 13.9. The standard InChI is InChI=1S/C53H57F2N7O10/c54-36-26-33(27-37(55)30-36)25-32-1-6-44-43(28-32)49(58-44)60-50(65)41-4-2-35(29-45(41)57-38-11-17-69-18-12-38)34-9-15-61(16-10-34)48(64)13-19-70-21-23-72-24-22-71-20-14-56-39-3-5-40-42(31-39)53(68)62(52(40)67)46-7-8-47(63)59-51(46)66/h1-6,26-31,34,38,46,56-57H,7-25H2,(H,58,60,65)(H,59,63,66). The van der Waals surface area contributed by atoms with Crippen LogP contribution in [-0.2, 0) is 39.8 Å². The lowest BCUT2D eigenvalue weighted by Gasteiger charge is -2.33. The van der Waals surface area contributed by atoms with Gasteiger partial charge in [-0.3, -0.25) is 39.0 Å². The Kier molecular flexibility index (Phi) is 16.0. The Balaban J connectivity index is 0.658. The van der Waals surface area contributed by atoms with Crippen molar-refractivity contribution in [2.75, 3.05) is 83.1 Å². The van der Waals surface area contributed by atoms with Gasteiger partial charge in [-0.15, -0.1) is 0 Å². The van der Waals surface area contributed by atoms with Gasteiger partial charge in [0.25, 0.3) is 17.7 Å². The number of aliphatic imine (C=N–C) groups is 1. The minimum atomic E-state index is -1.02. The number of likely N-dealkylation sites (tertiary alicyclic amines) is 1. The van der Waals surface area contributed by atoms with Crippen LogP contribution < -0.4 is 21.3 Å². The summed E-state index contributed by atoms with van der Waals surface area (Å²) in [7, 11) is 0. The second kappa shape index (κ2) is 23.1. The maximum Gasteiger partial charge on any atom is 0.262 e. The highest BCUT2D eigenvalue weighted by Gasteiger charge is 2.44. The molecule has 17 nitrogen and oxygen atoms in total. The Labute approximate surface area is 415 Å². The molecule has 5 aliphatic heterocycles. The lowest BCUT2D eigenvalue weighted by atomic mass is 9.88. The fourth-order valence-electron chi connectivity index (χ4n) is 9.69. The van der Waals surface area contributed by atoms with Crippen LogP contribution in [0.2, 0.25) is 0 Å². The Morgan fingerprint density at radius 3 is 2.21 bits per heavy atom. The van der Waals surface area contributed by atoms with Gasteiger partial charge in [0.05, 0.1) is 68.4 Å². The highest BCUT2D eigenvalue weighted by molar-refractivity contribution is 6.24. The number of benzene rings is 4. The number of amidine groups is 1. The smallest absolute Gasteiger partial charge is 0.262 e. The van der Waals surface area contributed by atoms with Gasteiger partial charge in [-0.1, -0.05) is 12.1 Å². The third-order valence-corrected chi connectivity index (χ3v) is 13.5. The summed E-state index contributed by atoms with van der Waals surface area (Å²) < 4.78 is 50.2. The number of fused-ring (bicyclic) bond motifs is 2. The molecule has 72 heavy (non-hydrogen) atoms. The molecule has 378 valence electrons. The molecule has 4 aromatic carbocycles. The molecule has 1 unspecified atom stereocenters. The summed E-state index contributed by atoms with van der Waals surface area (Å²) in [6.45, 7) is 4.94. The zero-order valence-electron chi connectivity index (χ0n) is 39.8. The van der Waals surface area contributed by atoms with Crippen LogP contribution in [0.5, 0.6) is 0 Å². The van der Waals surface area contributed by atoms with Gasteiger partial charge in [-0.25, -0.2) is 13.8 Å². The van der Waals surface area contributed by atoms with Crippen molar-refractivity contribution < 1.29 is 56.5 Å². The molecule has 0 aliphatic carbocycles. The summed E-state index contributed by atoms with van der Waals surface area (Å²) in [4.78, 5) is 84.2. The van der Waals surface area contributed by atoms with E-state index in [-0.39, 0.29) is 60.8 Å². The number of carbonyl (C=O) groups excluding carboxylic acids is 6. The molecule has 6 amide bonds. The first kappa shape index (κ1) is 50.0. The van der Waals surface area contributed by atoms with E-state index in [1.165, 1.54) is 12.1 Å². The topological polar surface area (TPSA) is 206 Å². The van der Waals surface area contributed by atoms with Crippen molar-refractivity contribution >= 4 is 58.3 Å². The molecule has 5 heterocycles. The lowest BCUT2D eigenvalue weighted by Crippen LogP contribution is -2.54. The number of amides is 6. The van der Waals surface area contributed by atoms with Crippen LogP contribution in [-0.4, -0.2) is 136 Å². The first-order valence-electron chi connectivity index (χ1n) is 24.5. The van der Waals surface area contributed by atoms with Gasteiger partial charge in [-0.2, -0.15) is 0 Å². The number of carbonyl (C=O) groups is 6. The molecule has 1 atom stereocenters. The fraction of sp³-hybridized carbons (Fsp3) is 0.415. The molecule has 0 aromatic heterocycles. The fourth-order valence-corrected chi connectivity index (χ4v) is 9.69. The van der Waals surface area contributed by atoms with Crippen molar-refractivity contribution in [2.24, 2.45) is 4.99 Å². The molecule has 5 aliphatic rings. The van der Waals surface area contributed by atoms with Crippen LogP contribution >= 0.6 is 0 Å². The van der Waals surface area contributed by atoms with E-state index in [2.05, 4.69) is 32.3 Å². The van der Waals surface area contributed by atoms with E-state index in [1.807, 2.05) is 35.2 Å². The Morgan fingerprint density at radius 2 is 1.46 bits per heavy atom. The highest BCUT2D eigenvalue weighted by atomic mass is 19.1. The van der Waals surface area contributed by atoms with Gasteiger partial charge in [0.1, 0.15) is 23.5 Å². The summed E-state index contributed by atoms with van der Waals surface area (Å²) in [6, 6.07) is 18.9. The van der Waals surface area contributed by atoms with E-state index >= 15 is 0 Å². The summed E-state index contributed by atoms with van der Waals surface area (Å²) in [6.07, 6.45) is 3.92. The lowest BCUT2D eigenvalue weighted by molar-refractivity contribution is -0.136. The van der Waals surface area contributed by atoms with Crippen molar-refractivity contribution in [3.05, 3.63) is 123 Å². The van der Waals surface area contributed by atoms with Crippen LogP contribution in [0.1, 0.15) is 104 Å². The third kappa shape index (κ3) is 12.0. The normalized spacial score (nSPS) is 18.0. The number of halogens is 2. The quantitative estimate of drug-likeness (QED) is 0.0629. The monoisotopic (exact) mass is 989 g/mol. The zero-order chi connectivity index (χ0) is 50.1. The van der Waals surface area contributed by atoms with Crippen molar-refractivity contribution in [3.63, 3.8) is 0 Å². The van der Waals surface area contributed by atoms with E-state index in [1.54, 1.807) is 18.2 Å². The summed E-state index contributed by atoms with van der Waals surface area (Å²) >= 11 is 0. The number of imide groups is 2. The van der Waals surface area contributed by atoms with Gasteiger partial charge < -0.3 is 39.8 Å². The number of piperidine rings is 2. The molecule has 9 rings (SSSR count). The number of rotatable bonds is 20. The van der Waals surface area contributed by atoms with Gasteiger partial charge in [0.2, 0.25) is 17.7 Å². The molecule has 0 spiro atoms. The van der Waals surface area contributed by atoms with E-state index in [9.17, 15) is 37.5 Å². The second-order valence-electron chi connectivity index (χ2n) is 18.4. The van der Waals surface area contributed by atoms with E-state index < -0.39 is 41.3 Å². The maximum absolute atomic E-state index is 13.9. The largest absolute Gasteiger partial charge is 0.383 e. The van der Waals surface area contributed by atoms with Gasteiger partial charge in [0, 0.05) is 68.3 Å². The summed E-state index contributed by atoms with van der Waals surface area (Å²) in [5.74, 6) is -3.10. The predicted octanol–water partition coefficient (Wildman–Crippen LogP) is 5.63. The van der Waals surface area contributed by atoms with Crippen LogP contribution in [0.3, 0.4) is 0 Å². The number of hydrogen-bond donors (Lipinski definition) is 4. The van der Waals surface area contributed by atoms with Gasteiger partial charge >= 0.3 is 0 Å². The Morgan fingerprint density at radius 1 is 0.736 bits per heavy atom. The van der Waals surface area contributed by atoms with E-state index in [0.29, 0.717) is 95.0 Å². The van der Waals surface area contributed by atoms with Gasteiger partial charge in [0.15, 0.2) is 0 Å². The number of hydrogen-bond acceptors (Lipinski definition) is 13. The minimum Gasteiger partial charge on any atom is -0.383 e. The average Bonchev–Trinajstić information content (AvgIpc) is 3.61. The molecular weight excluding hydrogens is 933 g/mol. The molecule has 3 saturated heterocycles. The average molecular weight is 990 g/mol. The third-order valence-electron chi connectivity index (χ3n) is 13.5. The number of nitrogens with zero attached hydrogens (tertiary/aromatic N) is 3. The van der Waals surface area contributed by atoms with Crippen LogP contribution in [0.15, 0.2) is 77.8 Å². The summed E-state index contributed by atoms with van der Waals surface area (Å²) in [5, 5.41) is 12.0. The van der Waals surface area contributed by atoms with E-state index in [0.717, 1.165) is 64.7 Å². The Hall–Kier alpha value is -6.93. The number of ether oxygens (including phenoxy) is 4. The van der Waals surface area contributed by atoms with Gasteiger partial charge in [-0.05, 0) is 116 Å². The van der Waals surface area contributed by atoms with Crippen LogP contribution in [0, 0.1) is 11.6 Å². The Bertz CT molecular complexity index is 2740. The highest BCUT2D eigenvalue weighted by Crippen LogP contribution is 2.35. The van der Waals surface area contributed by atoms with Crippen molar-refractivity contribution in [1.82, 2.24) is 20.4 Å². The molecule has 0 bridgehead atoms. The molecule has 3 fully saturated rings. The van der Waals surface area contributed by atoms with Crippen molar-refractivity contribution in [3.8, 4) is 0 Å². The predicted molar refractivity (Wildman–Crippen MR) is 260 cm³/mol. The molecule has 0 radical (unpaired) electrons.